The van der Waals surface area contributed by atoms with Crippen molar-refractivity contribution in [1.82, 2.24) is 14.8 Å². The highest BCUT2D eigenvalue weighted by Gasteiger charge is 2.12. The van der Waals surface area contributed by atoms with Crippen LogP contribution in [0.25, 0.3) is 11.4 Å². The van der Waals surface area contributed by atoms with Gasteiger partial charge in [-0.1, -0.05) is 11.6 Å². The van der Waals surface area contributed by atoms with Crippen molar-refractivity contribution < 1.29 is 0 Å². The standard InChI is InChI=1S/C11H13ClN4/c1-3-16-7(2)14-15-11(16)9-6-8(12)4-5-10(9)13/h4-6H,3,13H2,1-2H3. The number of nitrogens with two attached hydrogens (primary N) is 1. The van der Waals surface area contributed by atoms with Gasteiger partial charge in [-0.15, -0.1) is 10.2 Å². The van der Waals surface area contributed by atoms with Crippen LogP contribution in [-0.2, 0) is 6.54 Å². The number of aryl methyl sites for hydroxylation is 1. The zero-order valence-electron chi connectivity index (χ0n) is 9.24. The SMILES string of the molecule is CCn1c(C)nnc1-c1cc(Cl)ccc1N. The zero-order valence-corrected chi connectivity index (χ0v) is 9.99. The second-order valence-corrected chi connectivity index (χ2v) is 3.98. The number of hydrogen-bond donors (Lipinski definition) is 1. The fourth-order valence-electron chi connectivity index (χ4n) is 1.68. The van der Waals surface area contributed by atoms with E-state index in [0.29, 0.717) is 10.7 Å². The fraction of sp³-hybridized carbons (Fsp3) is 0.273. The summed E-state index contributed by atoms with van der Waals surface area (Å²) in [7, 11) is 0. The minimum Gasteiger partial charge on any atom is -0.398 e. The molecule has 0 aliphatic rings. The first-order chi connectivity index (χ1) is 7.63. The molecule has 1 aromatic heterocycles. The van der Waals surface area contributed by atoms with Gasteiger partial charge in [-0.3, -0.25) is 0 Å². The van der Waals surface area contributed by atoms with E-state index in [9.17, 15) is 0 Å². The van der Waals surface area contributed by atoms with Crippen molar-refractivity contribution in [2.24, 2.45) is 0 Å². The molecule has 0 amide bonds. The Kier molecular flexibility index (Phi) is 2.83. The Morgan fingerprint density at radius 3 is 2.81 bits per heavy atom. The van der Waals surface area contributed by atoms with Crippen molar-refractivity contribution in [3.05, 3.63) is 29.0 Å². The van der Waals surface area contributed by atoms with E-state index in [1.54, 1.807) is 12.1 Å². The van der Waals surface area contributed by atoms with E-state index in [4.69, 9.17) is 17.3 Å². The molecule has 1 heterocycles. The second kappa shape index (κ2) is 4.14. The lowest BCUT2D eigenvalue weighted by Crippen LogP contribution is -2.01. The van der Waals surface area contributed by atoms with Crippen LogP contribution in [0.3, 0.4) is 0 Å². The summed E-state index contributed by atoms with van der Waals surface area (Å²) < 4.78 is 2.00. The molecule has 0 spiro atoms. The highest BCUT2D eigenvalue weighted by atomic mass is 35.5. The Hall–Kier alpha value is -1.55. The molecule has 4 nitrogen and oxygen atoms in total. The molecular weight excluding hydrogens is 224 g/mol. The topological polar surface area (TPSA) is 56.7 Å². The third kappa shape index (κ3) is 1.76. The summed E-state index contributed by atoms with van der Waals surface area (Å²) in [5.74, 6) is 1.64. The number of nitrogens with zero attached hydrogens (tertiary/aromatic N) is 3. The van der Waals surface area contributed by atoms with Crippen molar-refractivity contribution in [1.29, 1.82) is 0 Å². The predicted molar refractivity (Wildman–Crippen MR) is 65.3 cm³/mol. The number of nitrogen functional groups attached to an aromatic ring is 1. The summed E-state index contributed by atoms with van der Waals surface area (Å²) >= 11 is 5.96. The molecule has 2 N–H and O–H groups in total. The summed E-state index contributed by atoms with van der Waals surface area (Å²) in [6, 6.07) is 5.36. The van der Waals surface area contributed by atoms with Gasteiger partial charge in [0.1, 0.15) is 5.82 Å². The summed E-state index contributed by atoms with van der Waals surface area (Å²) in [5, 5.41) is 8.83. The lowest BCUT2D eigenvalue weighted by molar-refractivity contribution is 0.737. The maximum atomic E-state index is 5.96. The summed E-state index contributed by atoms with van der Waals surface area (Å²) in [5.41, 5.74) is 7.40. The van der Waals surface area contributed by atoms with Gasteiger partial charge in [-0.25, -0.2) is 0 Å². The first kappa shape index (κ1) is 11.0. The number of rotatable bonds is 2. The average molecular weight is 237 g/mol. The molecular formula is C11H13ClN4. The molecule has 1 aromatic carbocycles. The van der Waals surface area contributed by atoms with Gasteiger partial charge in [0.05, 0.1) is 0 Å². The van der Waals surface area contributed by atoms with Gasteiger partial charge >= 0.3 is 0 Å². The first-order valence-electron chi connectivity index (χ1n) is 5.08. The van der Waals surface area contributed by atoms with Crippen molar-refractivity contribution >= 4 is 17.3 Å². The van der Waals surface area contributed by atoms with E-state index in [1.165, 1.54) is 0 Å². The van der Waals surface area contributed by atoms with E-state index in [1.807, 2.05) is 24.5 Å². The van der Waals surface area contributed by atoms with E-state index >= 15 is 0 Å². The highest BCUT2D eigenvalue weighted by molar-refractivity contribution is 6.31. The third-order valence-electron chi connectivity index (χ3n) is 2.51. The summed E-state index contributed by atoms with van der Waals surface area (Å²) in [6.07, 6.45) is 0. The van der Waals surface area contributed by atoms with Crippen molar-refractivity contribution in [3.63, 3.8) is 0 Å². The van der Waals surface area contributed by atoms with Gasteiger partial charge in [0.25, 0.3) is 0 Å². The number of anilines is 1. The zero-order chi connectivity index (χ0) is 11.7. The second-order valence-electron chi connectivity index (χ2n) is 3.55. The van der Waals surface area contributed by atoms with E-state index < -0.39 is 0 Å². The molecule has 0 bridgehead atoms. The van der Waals surface area contributed by atoms with Gasteiger partial charge in [0.15, 0.2) is 5.82 Å². The molecule has 2 aromatic rings. The Bertz CT molecular complexity index is 519. The third-order valence-corrected chi connectivity index (χ3v) is 2.74. The van der Waals surface area contributed by atoms with Crippen molar-refractivity contribution in [2.45, 2.75) is 20.4 Å². The van der Waals surface area contributed by atoms with Crippen LogP contribution in [0, 0.1) is 6.92 Å². The molecule has 5 heteroatoms. The van der Waals surface area contributed by atoms with Crippen LogP contribution in [0.4, 0.5) is 5.69 Å². The maximum absolute atomic E-state index is 5.96. The Morgan fingerprint density at radius 1 is 1.38 bits per heavy atom. The normalized spacial score (nSPS) is 10.7. The Balaban J connectivity index is 2.62. The van der Waals surface area contributed by atoms with Gasteiger partial charge in [-0.05, 0) is 32.0 Å². The van der Waals surface area contributed by atoms with E-state index in [0.717, 1.165) is 23.8 Å². The minimum atomic E-state index is 0.646. The monoisotopic (exact) mass is 236 g/mol. The van der Waals surface area contributed by atoms with Crippen LogP contribution in [-0.4, -0.2) is 14.8 Å². The number of benzene rings is 1. The van der Waals surface area contributed by atoms with Gasteiger partial charge in [0, 0.05) is 22.8 Å². The molecule has 2 rings (SSSR count). The molecule has 0 unspecified atom stereocenters. The fourth-order valence-corrected chi connectivity index (χ4v) is 1.85. The maximum Gasteiger partial charge on any atom is 0.166 e. The number of aromatic nitrogens is 3. The lowest BCUT2D eigenvalue weighted by atomic mass is 10.1. The summed E-state index contributed by atoms with van der Waals surface area (Å²) in [4.78, 5) is 0. The minimum absolute atomic E-state index is 0.646. The first-order valence-corrected chi connectivity index (χ1v) is 5.46. The van der Waals surface area contributed by atoms with Crippen LogP contribution < -0.4 is 5.73 Å². The molecule has 0 saturated carbocycles. The molecule has 16 heavy (non-hydrogen) atoms. The van der Waals surface area contributed by atoms with Gasteiger partial charge in [-0.2, -0.15) is 0 Å². The Morgan fingerprint density at radius 2 is 2.12 bits per heavy atom. The largest absolute Gasteiger partial charge is 0.398 e. The van der Waals surface area contributed by atoms with Crippen LogP contribution in [0.15, 0.2) is 18.2 Å². The summed E-state index contributed by atoms with van der Waals surface area (Å²) in [6.45, 7) is 4.77. The molecule has 0 saturated heterocycles. The number of halogens is 1. The van der Waals surface area contributed by atoms with Crippen LogP contribution >= 0.6 is 11.6 Å². The molecule has 0 fully saturated rings. The lowest BCUT2D eigenvalue weighted by Gasteiger charge is -2.08. The molecule has 0 atom stereocenters. The smallest absolute Gasteiger partial charge is 0.166 e. The Labute approximate surface area is 99.1 Å². The average Bonchev–Trinajstić information content (AvgIpc) is 2.63. The number of hydrogen-bond acceptors (Lipinski definition) is 3. The van der Waals surface area contributed by atoms with Crippen molar-refractivity contribution in [2.75, 3.05) is 5.73 Å². The predicted octanol–water partition coefficient (Wildman–Crippen LogP) is 2.51. The van der Waals surface area contributed by atoms with Crippen LogP contribution in [0.5, 0.6) is 0 Å². The van der Waals surface area contributed by atoms with Crippen LogP contribution in [0.1, 0.15) is 12.7 Å². The van der Waals surface area contributed by atoms with Crippen molar-refractivity contribution in [3.8, 4) is 11.4 Å². The molecule has 0 aliphatic carbocycles. The highest BCUT2D eigenvalue weighted by Crippen LogP contribution is 2.27. The van der Waals surface area contributed by atoms with Crippen LogP contribution in [0.2, 0.25) is 5.02 Å². The quantitative estimate of drug-likeness (QED) is 0.816. The molecule has 84 valence electrons. The van der Waals surface area contributed by atoms with Gasteiger partial charge < -0.3 is 10.3 Å². The molecule has 0 aliphatic heterocycles. The molecule has 0 radical (unpaired) electrons. The van der Waals surface area contributed by atoms with E-state index in [-0.39, 0.29) is 0 Å². The van der Waals surface area contributed by atoms with Gasteiger partial charge in [0.2, 0.25) is 0 Å². The van der Waals surface area contributed by atoms with E-state index in [2.05, 4.69) is 10.2 Å².